The zero-order chi connectivity index (χ0) is 17.6. The summed E-state index contributed by atoms with van der Waals surface area (Å²) < 4.78 is 7.96. The lowest BCUT2D eigenvalue weighted by molar-refractivity contribution is -0.116. The van der Waals surface area contributed by atoms with Crippen LogP contribution in [0.25, 0.3) is 11.3 Å². The molecule has 1 aromatic carbocycles. The highest BCUT2D eigenvalue weighted by atomic mass is 16.3. The number of carbonyl (C=O) groups is 1. The van der Waals surface area contributed by atoms with Gasteiger partial charge in [-0.25, -0.2) is 4.68 Å². The molecule has 1 aliphatic heterocycles. The van der Waals surface area contributed by atoms with Gasteiger partial charge in [0.2, 0.25) is 5.91 Å². The molecule has 1 aliphatic rings. The van der Waals surface area contributed by atoms with E-state index in [-0.39, 0.29) is 17.4 Å². The fraction of sp³-hybridized carbons (Fsp3) is 0.300. The van der Waals surface area contributed by atoms with Crippen LogP contribution in [-0.2, 0) is 10.3 Å². The molecular weight excluding hydrogens is 314 g/mol. The van der Waals surface area contributed by atoms with Gasteiger partial charge >= 0.3 is 0 Å². The van der Waals surface area contributed by atoms with Crippen LogP contribution >= 0.6 is 0 Å². The third-order valence-electron chi connectivity index (χ3n) is 4.48. The summed E-state index contributed by atoms with van der Waals surface area (Å²) in [5, 5.41) is 7.48. The molecular formula is C20H21N3O2. The van der Waals surface area contributed by atoms with Gasteiger partial charge in [-0.15, -0.1) is 0 Å². The number of aromatic nitrogens is 2. The number of furan rings is 1. The molecule has 0 aliphatic carbocycles. The smallest absolute Gasteiger partial charge is 0.226 e. The summed E-state index contributed by atoms with van der Waals surface area (Å²) in [6.45, 7) is 6.20. The lowest BCUT2D eigenvalue weighted by atomic mass is 9.92. The van der Waals surface area contributed by atoms with Gasteiger partial charge in [-0.2, -0.15) is 5.10 Å². The minimum absolute atomic E-state index is 0.0128. The summed E-state index contributed by atoms with van der Waals surface area (Å²) in [5.41, 5.74) is 1.82. The molecule has 4 rings (SSSR count). The number of rotatable bonds is 2. The third-order valence-corrected chi connectivity index (χ3v) is 4.48. The number of hydrogen-bond acceptors (Lipinski definition) is 3. The van der Waals surface area contributed by atoms with E-state index in [4.69, 9.17) is 4.42 Å². The zero-order valence-corrected chi connectivity index (χ0v) is 14.6. The summed E-state index contributed by atoms with van der Waals surface area (Å²) in [4.78, 5) is 12.3. The van der Waals surface area contributed by atoms with Crippen molar-refractivity contribution in [3.8, 4) is 11.3 Å². The van der Waals surface area contributed by atoms with Crippen LogP contribution in [0.2, 0.25) is 0 Å². The van der Waals surface area contributed by atoms with E-state index in [0.29, 0.717) is 6.42 Å². The maximum absolute atomic E-state index is 12.3. The van der Waals surface area contributed by atoms with Gasteiger partial charge in [0.1, 0.15) is 17.3 Å². The second-order valence-corrected chi connectivity index (χ2v) is 7.40. The van der Waals surface area contributed by atoms with Crippen molar-refractivity contribution >= 4 is 11.7 Å². The highest BCUT2D eigenvalue weighted by Crippen LogP contribution is 2.40. The number of benzene rings is 1. The van der Waals surface area contributed by atoms with Crippen molar-refractivity contribution in [2.24, 2.45) is 0 Å². The Morgan fingerprint density at radius 3 is 2.64 bits per heavy atom. The van der Waals surface area contributed by atoms with Gasteiger partial charge in [-0.05, 0) is 32.9 Å². The molecule has 3 aromatic rings. The average molecular weight is 335 g/mol. The van der Waals surface area contributed by atoms with Gasteiger partial charge in [0.15, 0.2) is 0 Å². The van der Waals surface area contributed by atoms with Crippen LogP contribution in [0, 0.1) is 0 Å². The van der Waals surface area contributed by atoms with Crippen LogP contribution in [0.5, 0.6) is 0 Å². The molecule has 1 N–H and O–H groups in total. The molecule has 3 heterocycles. The predicted molar refractivity (Wildman–Crippen MR) is 96.5 cm³/mol. The Bertz CT molecular complexity index is 916. The molecule has 2 aromatic heterocycles. The van der Waals surface area contributed by atoms with E-state index >= 15 is 0 Å². The van der Waals surface area contributed by atoms with E-state index in [1.807, 2.05) is 53.3 Å². The summed E-state index contributed by atoms with van der Waals surface area (Å²) in [7, 11) is 0. The number of nitrogens with one attached hydrogen (secondary N) is 1. The number of fused-ring (bicyclic) bond motifs is 1. The number of amides is 1. The molecule has 1 atom stereocenters. The van der Waals surface area contributed by atoms with Crippen molar-refractivity contribution in [1.82, 2.24) is 9.78 Å². The van der Waals surface area contributed by atoms with Crippen LogP contribution in [0.4, 0.5) is 5.82 Å². The van der Waals surface area contributed by atoms with Crippen molar-refractivity contribution in [2.45, 2.75) is 38.6 Å². The van der Waals surface area contributed by atoms with E-state index in [2.05, 4.69) is 31.2 Å². The normalized spacial score (nSPS) is 17.2. The van der Waals surface area contributed by atoms with E-state index in [9.17, 15) is 4.79 Å². The van der Waals surface area contributed by atoms with Crippen LogP contribution in [0.3, 0.4) is 0 Å². The summed E-state index contributed by atoms with van der Waals surface area (Å²) in [5.74, 6) is 2.25. The van der Waals surface area contributed by atoms with Crippen LogP contribution in [0.15, 0.2) is 53.1 Å². The molecule has 0 saturated carbocycles. The predicted octanol–water partition coefficient (Wildman–Crippen LogP) is 4.37. The first-order valence-corrected chi connectivity index (χ1v) is 8.47. The number of hydrogen-bond donors (Lipinski definition) is 1. The Morgan fingerprint density at radius 1 is 1.16 bits per heavy atom. The van der Waals surface area contributed by atoms with Crippen molar-refractivity contribution in [3.05, 3.63) is 60.0 Å². The average Bonchev–Trinajstić information content (AvgIpc) is 3.21. The lowest BCUT2D eigenvalue weighted by Gasteiger charge is -2.27. The Kier molecular flexibility index (Phi) is 3.53. The molecule has 5 nitrogen and oxygen atoms in total. The molecule has 0 radical (unpaired) electrons. The van der Waals surface area contributed by atoms with Crippen LogP contribution in [-0.4, -0.2) is 15.7 Å². The van der Waals surface area contributed by atoms with E-state index in [0.717, 1.165) is 28.5 Å². The van der Waals surface area contributed by atoms with Gasteiger partial charge in [-0.1, -0.05) is 30.3 Å². The largest absolute Gasteiger partial charge is 0.460 e. The molecule has 0 unspecified atom stereocenters. The molecule has 0 fully saturated rings. The van der Waals surface area contributed by atoms with E-state index < -0.39 is 0 Å². The van der Waals surface area contributed by atoms with Crippen LogP contribution in [0.1, 0.15) is 44.4 Å². The highest BCUT2D eigenvalue weighted by Gasteiger charge is 2.34. The molecule has 0 saturated heterocycles. The first kappa shape index (κ1) is 15.7. The Labute approximate surface area is 146 Å². The first-order valence-electron chi connectivity index (χ1n) is 8.47. The third kappa shape index (κ3) is 2.76. The van der Waals surface area contributed by atoms with Crippen molar-refractivity contribution in [2.75, 3.05) is 5.32 Å². The molecule has 1 amide bonds. The standard InChI is InChI=1S/C20H21N3O2/c1-20(2,3)23-19-15(12-21-23)14(11-18(24)22-19)17-10-9-16(25-17)13-7-5-4-6-8-13/h4-10,12,14H,11H2,1-3H3,(H,22,24)/t14-/m0/s1. The first-order chi connectivity index (χ1) is 11.9. The van der Waals surface area contributed by atoms with Crippen molar-refractivity contribution in [1.29, 1.82) is 0 Å². The highest BCUT2D eigenvalue weighted by molar-refractivity contribution is 5.94. The zero-order valence-electron chi connectivity index (χ0n) is 14.6. The monoisotopic (exact) mass is 335 g/mol. The maximum atomic E-state index is 12.3. The van der Waals surface area contributed by atoms with Crippen molar-refractivity contribution < 1.29 is 9.21 Å². The van der Waals surface area contributed by atoms with Gasteiger partial charge in [0.05, 0.1) is 17.7 Å². The number of nitrogens with zero attached hydrogens (tertiary/aromatic N) is 2. The molecule has 0 spiro atoms. The minimum atomic E-state index is -0.207. The fourth-order valence-corrected chi connectivity index (χ4v) is 3.28. The molecule has 0 bridgehead atoms. The van der Waals surface area contributed by atoms with Gasteiger partial charge in [0, 0.05) is 17.5 Å². The number of anilines is 1. The van der Waals surface area contributed by atoms with E-state index in [1.54, 1.807) is 0 Å². The second kappa shape index (κ2) is 5.62. The Balaban J connectivity index is 1.75. The SMILES string of the molecule is CC(C)(C)n1ncc2c1NC(=O)C[C@@H]2c1ccc(-c2ccccc2)o1. The minimum Gasteiger partial charge on any atom is -0.460 e. The molecule has 5 heteroatoms. The summed E-state index contributed by atoms with van der Waals surface area (Å²) in [6, 6.07) is 13.9. The van der Waals surface area contributed by atoms with Gasteiger partial charge in [0.25, 0.3) is 0 Å². The topological polar surface area (TPSA) is 60.1 Å². The Hall–Kier alpha value is -2.82. The van der Waals surface area contributed by atoms with Gasteiger partial charge in [-0.3, -0.25) is 4.79 Å². The molecule has 128 valence electrons. The maximum Gasteiger partial charge on any atom is 0.226 e. The second-order valence-electron chi connectivity index (χ2n) is 7.40. The number of carbonyl (C=O) groups excluding carboxylic acids is 1. The summed E-state index contributed by atoms with van der Waals surface area (Å²) in [6.07, 6.45) is 2.21. The molecule has 25 heavy (non-hydrogen) atoms. The fourth-order valence-electron chi connectivity index (χ4n) is 3.28. The van der Waals surface area contributed by atoms with Crippen molar-refractivity contribution in [3.63, 3.8) is 0 Å². The lowest BCUT2D eigenvalue weighted by Crippen LogP contribution is -2.30. The van der Waals surface area contributed by atoms with Crippen LogP contribution < -0.4 is 5.32 Å². The Morgan fingerprint density at radius 2 is 1.92 bits per heavy atom. The summed E-state index contributed by atoms with van der Waals surface area (Å²) >= 11 is 0. The quantitative estimate of drug-likeness (QED) is 0.756. The van der Waals surface area contributed by atoms with E-state index in [1.165, 1.54) is 0 Å². The van der Waals surface area contributed by atoms with Gasteiger partial charge < -0.3 is 9.73 Å².